The molecule has 5 nitrogen and oxygen atoms in total. The number of rotatable bonds is 5. The Hall–Kier alpha value is -2.09. The SMILES string of the molecule is Cc1ccc(C#N)c(N(CC(=O)O)CC(C)C)n1. The average Bonchev–Trinajstić information content (AvgIpc) is 2.26. The van der Waals surface area contributed by atoms with Crippen molar-refractivity contribution in [2.75, 3.05) is 18.0 Å². The molecule has 0 unspecified atom stereocenters. The fraction of sp³-hybridized carbons (Fsp3) is 0.462. The first-order chi connectivity index (χ1) is 8.43. The number of carboxylic acid groups (broad SMARTS) is 1. The molecule has 0 aliphatic carbocycles. The Morgan fingerprint density at radius 2 is 2.22 bits per heavy atom. The summed E-state index contributed by atoms with van der Waals surface area (Å²) in [5, 5.41) is 18.0. The van der Waals surface area contributed by atoms with Gasteiger partial charge in [0, 0.05) is 12.2 Å². The molecule has 18 heavy (non-hydrogen) atoms. The van der Waals surface area contributed by atoms with Gasteiger partial charge in [-0.25, -0.2) is 4.98 Å². The quantitative estimate of drug-likeness (QED) is 0.858. The molecule has 0 saturated heterocycles. The molecule has 1 aromatic heterocycles. The van der Waals surface area contributed by atoms with E-state index < -0.39 is 5.97 Å². The molecule has 1 aromatic rings. The number of hydrogen-bond donors (Lipinski definition) is 1. The molecular weight excluding hydrogens is 230 g/mol. The lowest BCUT2D eigenvalue weighted by Gasteiger charge is -2.24. The Bertz CT molecular complexity index is 478. The third-order valence-corrected chi connectivity index (χ3v) is 2.35. The van der Waals surface area contributed by atoms with E-state index in [0.717, 1.165) is 5.69 Å². The van der Waals surface area contributed by atoms with Crippen molar-refractivity contribution >= 4 is 11.8 Å². The molecule has 0 atom stereocenters. The second kappa shape index (κ2) is 6.01. The van der Waals surface area contributed by atoms with Gasteiger partial charge in [0.15, 0.2) is 0 Å². The highest BCUT2D eigenvalue weighted by atomic mass is 16.4. The van der Waals surface area contributed by atoms with Crippen LogP contribution in [0.4, 0.5) is 5.82 Å². The van der Waals surface area contributed by atoms with Crippen molar-refractivity contribution < 1.29 is 9.90 Å². The summed E-state index contributed by atoms with van der Waals surface area (Å²) < 4.78 is 0. The van der Waals surface area contributed by atoms with Crippen LogP contribution in [0.5, 0.6) is 0 Å². The molecule has 0 bridgehead atoms. The zero-order valence-corrected chi connectivity index (χ0v) is 10.8. The normalized spacial score (nSPS) is 10.2. The third-order valence-electron chi connectivity index (χ3n) is 2.35. The van der Waals surface area contributed by atoms with Crippen molar-refractivity contribution in [2.24, 2.45) is 5.92 Å². The molecule has 0 saturated carbocycles. The van der Waals surface area contributed by atoms with E-state index in [-0.39, 0.29) is 6.54 Å². The highest BCUT2D eigenvalue weighted by molar-refractivity contribution is 5.74. The summed E-state index contributed by atoms with van der Waals surface area (Å²) in [5.41, 5.74) is 1.17. The molecule has 0 aliphatic rings. The predicted molar refractivity (Wildman–Crippen MR) is 68.4 cm³/mol. The standard InChI is InChI=1S/C13H17N3O2/c1-9(2)7-16(8-12(17)18)13-11(6-14)5-4-10(3)15-13/h4-5,9H,7-8H2,1-3H3,(H,17,18). The lowest BCUT2D eigenvalue weighted by atomic mass is 10.1. The molecule has 5 heteroatoms. The maximum absolute atomic E-state index is 10.9. The molecule has 0 spiro atoms. The molecule has 0 aliphatic heterocycles. The first-order valence-electron chi connectivity index (χ1n) is 5.78. The van der Waals surface area contributed by atoms with Crippen molar-refractivity contribution in [2.45, 2.75) is 20.8 Å². The van der Waals surface area contributed by atoms with Crippen LogP contribution in [0, 0.1) is 24.2 Å². The first kappa shape index (κ1) is 14.0. The smallest absolute Gasteiger partial charge is 0.323 e. The van der Waals surface area contributed by atoms with E-state index in [1.807, 2.05) is 20.8 Å². The maximum atomic E-state index is 10.9. The van der Waals surface area contributed by atoms with Gasteiger partial charge in [-0.2, -0.15) is 5.26 Å². The van der Waals surface area contributed by atoms with Crippen molar-refractivity contribution in [3.05, 3.63) is 23.4 Å². The molecule has 1 N–H and O–H groups in total. The second-order valence-corrected chi connectivity index (χ2v) is 4.60. The number of aryl methyl sites for hydroxylation is 1. The molecule has 0 fully saturated rings. The Morgan fingerprint density at radius 1 is 1.56 bits per heavy atom. The number of hydrogen-bond acceptors (Lipinski definition) is 4. The molecule has 1 rings (SSSR count). The van der Waals surface area contributed by atoms with Crippen LogP contribution in [0.2, 0.25) is 0 Å². The van der Waals surface area contributed by atoms with E-state index in [0.29, 0.717) is 23.8 Å². The number of anilines is 1. The summed E-state index contributed by atoms with van der Waals surface area (Å²) in [4.78, 5) is 16.8. The molecule has 96 valence electrons. The highest BCUT2D eigenvalue weighted by Gasteiger charge is 2.17. The van der Waals surface area contributed by atoms with Gasteiger partial charge in [0.1, 0.15) is 18.4 Å². The zero-order valence-electron chi connectivity index (χ0n) is 10.8. The number of carboxylic acids is 1. The number of pyridine rings is 1. The minimum absolute atomic E-state index is 0.149. The van der Waals surface area contributed by atoms with Crippen LogP contribution in [0.3, 0.4) is 0 Å². The summed E-state index contributed by atoms with van der Waals surface area (Å²) in [7, 11) is 0. The van der Waals surface area contributed by atoms with Gasteiger partial charge in [0.25, 0.3) is 0 Å². The van der Waals surface area contributed by atoms with E-state index in [4.69, 9.17) is 10.4 Å². The number of carbonyl (C=O) groups is 1. The molecule has 0 amide bonds. The van der Waals surface area contributed by atoms with Crippen LogP contribution in [-0.4, -0.2) is 29.1 Å². The van der Waals surface area contributed by atoms with Crippen LogP contribution in [0.25, 0.3) is 0 Å². The first-order valence-corrected chi connectivity index (χ1v) is 5.78. The van der Waals surface area contributed by atoms with E-state index in [2.05, 4.69) is 11.1 Å². The van der Waals surface area contributed by atoms with E-state index >= 15 is 0 Å². The zero-order chi connectivity index (χ0) is 13.7. The van der Waals surface area contributed by atoms with Gasteiger partial charge in [0.2, 0.25) is 0 Å². The van der Waals surface area contributed by atoms with E-state index in [1.165, 1.54) is 0 Å². The number of nitriles is 1. The fourth-order valence-corrected chi connectivity index (χ4v) is 1.70. The Labute approximate surface area is 107 Å². The van der Waals surface area contributed by atoms with Gasteiger partial charge in [0.05, 0.1) is 5.56 Å². The monoisotopic (exact) mass is 247 g/mol. The van der Waals surface area contributed by atoms with Crippen LogP contribution < -0.4 is 4.90 Å². The summed E-state index contributed by atoms with van der Waals surface area (Å²) in [6, 6.07) is 5.47. The molecule has 0 aromatic carbocycles. The minimum Gasteiger partial charge on any atom is -0.480 e. The van der Waals surface area contributed by atoms with E-state index in [9.17, 15) is 4.79 Å². The van der Waals surface area contributed by atoms with Gasteiger partial charge in [-0.15, -0.1) is 0 Å². The number of nitrogens with zero attached hydrogens (tertiary/aromatic N) is 3. The van der Waals surface area contributed by atoms with Gasteiger partial charge in [-0.3, -0.25) is 4.79 Å². The van der Waals surface area contributed by atoms with E-state index in [1.54, 1.807) is 17.0 Å². The van der Waals surface area contributed by atoms with Crippen LogP contribution >= 0.6 is 0 Å². The topological polar surface area (TPSA) is 77.2 Å². The van der Waals surface area contributed by atoms with Gasteiger partial charge in [-0.1, -0.05) is 13.8 Å². The average molecular weight is 247 g/mol. The third kappa shape index (κ3) is 3.74. The Morgan fingerprint density at radius 3 is 2.72 bits per heavy atom. The van der Waals surface area contributed by atoms with Crippen molar-refractivity contribution in [3.8, 4) is 6.07 Å². The molecule has 0 radical (unpaired) electrons. The Kier molecular flexibility index (Phi) is 4.67. The molecule has 1 heterocycles. The second-order valence-electron chi connectivity index (χ2n) is 4.60. The predicted octanol–water partition coefficient (Wildman–Crippen LogP) is 1.81. The van der Waals surface area contributed by atoms with Crippen LogP contribution in [0.1, 0.15) is 25.1 Å². The Balaban J connectivity index is 3.14. The van der Waals surface area contributed by atoms with Crippen molar-refractivity contribution in [3.63, 3.8) is 0 Å². The summed E-state index contributed by atoms with van der Waals surface area (Å²) in [5.74, 6) is -0.186. The van der Waals surface area contributed by atoms with Crippen LogP contribution in [0.15, 0.2) is 12.1 Å². The summed E-state index contributed by atoms with van der Waals surface area (Å²) in [6.07, 6.45) is 0. The summed E-state index contributed by atoms with van der Waals surface area (Å²) in [6.45, 7) is 6.22. The summed E-state index contributed by atoms with van der Waals surface area (Å²) >= 11 is 0. The number of aromatic nitrogens is 1. The maximum Gasteiger partial charge on any atom is 0.323 e. The minimum atomic E-state index is -0.928. The fourth-order valence-electron chi connectivity index (χ4n) is 1.70. The number of aliphatic carboxylic acids is 1. The lowest BCUT2D eigenvalue weighted by molar-refractivity contribution is -0.135. The molecular formula is C13H17N3O2. The van der Waals surface area contributed by atoms with Gasteiger partial charge >= 0.3 is 5.97 Å². The highest BCUT2D eigenvalue weighted by Crippen LogP contribution is 2.18. The van der Waals surface area contributed by atoms with Gasteiger partial charge in [-0.05, 0) is 25.0 Å². The van der Waals surface area contributed by atoms with Gasteiger partial charge < -0.3 is 10.0 Å². The lowest BCUT2D eigenvalue weighted by Crippen LogP contribution is -2.34. The van der Waals surface area contributed by atoms with Crippen LogP contribution in [-0.2, 0) is 4.79 Å². The largest absolute Gasteiger partial charge is 0.480 e. The van der Waals surface area contributed by atoms with Crippen molar-refractivity contribution in [1.29, 1.82) is 5.26 Å². The van der Waals surface area contributed by atoms with Crippen molar-refractivity contribution in [1.82, 2.24) is 4.98 Å².